The molecule has 0 aliphatic carbocycles. The molecular formula is C9H7NO4S. The first-order valence-corrected chi connectivity index (χ1v) is 4.96. The second kappa shape index (κ2) is 3.84. The monoisotopic (exact) mass is 225 g/mol. The average Bonchev–Trinajstić information content (AvgIpc) is 2.88. The summed E-state index contributed by atoms with van der Waals surface area (Å²) in [5, 5.41) is 20.7. The summed E-state index contributed by atoms with van der Waals surface area (Å²) in [4.78, 5) is 14.7. The molecule has 78 valence electrons. The number of aromatic carboxylic acids is 1. The van der Waals surface area contributed by atoms with E-state index in [4.69, 9.17) is 9.52 Å². The maximum absolute atomic E-state index is 10.8. The standard InChI is InChI=1S/C9H7NO4S/c11-6(8-10-2-4-15-8)7-5(9(12)13)1-3-14-7/h1-4,6,11H,(H,12,13). The van der Waals surface area contributed by atoms with Gasteiger partial charge in [-0.3, -0.25) is 0 Å². The number of aliphatic hydroxyl groups excluding tert-OH is 1. The van der Waals surface area contributed by atoms with Crippen LogP contribution >= 0.6 is 11.3 Å². The summed E-state index contributed by atoms with van der Waals surface area (Å²) in [7, 11) is 0. The smallest absolute Gasteiger partial charge is 0.339 e. The summed E-state index contributed by atoms with van der Waals surface area (Å²) in [5.41, 5.74) is -0.0438. The Kier molecular flexibility index (Phi) is 2.53. The van der Waals surface area contributed by atoms with Crippen molar-refractivity contribution in [2.24, 2.45) is 0 Å². The fourth-order valence-electron chi connectivity index (χ4n) is 1.19. The predicted octanol–water partition coefficient (Wildman–Crippen LogP) is 1.52. The lowest BCUT2D eigenvalue weighted by Gasteiger charge is -2.04. The van der Waals surface area contributed by atoms with E-state index in [0.717, 1.165) is 0 Å². The van der Waals surface area contributed by atoms with Crippen LogP contribution in [0.2, 0.25) is 0 Å². The van der Waals surface area contributed by atoms with Gasteiger partial charge in [0.2, 0.25) is 0 Å². The van der Waals surface area contributed by atoms with E-state index < -0.39 is 12.1 Å². The molecule has 1 atom stereocenters. The first kappa shape index (κ1) is 9.88. The normalized spacial score (nSPS) is 12.6. The van der Waals surface area contributed by atoms with E-state index in [9.17, 15) is 9.90 Å². The van der Waals surface area contributed by atoms with E-state index in [1.807, 2.05) is 0 Å². The summed E-state index contributed by atoms with van der Waals surface area (Å²) in [6.45, 7) is 0. The van der Waals surface area contributed by atoms with Crippen molar-refractivity contribution >= 4 is 17.3 Å². The van der Waals surface area contributed by atoms with Crippen LogP contribution in [0.4, 0.5) is 0 Å². The number of carbonyl (C=O) groups is 1. The molecule has 2 heterocycles. The third-order valence-electron chi connectivity index (χ3n) is 1.86. The molecule has 0 saturated heterocycles. The lowest BCUT2D eigenvalue weighted by atomic mass is 10.2. The van der Waals surface area contributed by atoms with Crippen molar-refractivity contribution in [3.05, 3.63) is 40.2 Å². The van der Waals surface area contributed by atoms with E-state index in [2.05, 4.69) is 4.98 Å². The largest absolute Gasteiger partial charge is 0.478 e. The van der Waals surface area contributed by atoms with E-state index in [1.54, 1.807) is 5.38 Å². The van der Waals surface area contributed by atoms with Crippen LogP contribution in [-0.4, -0.2) is 21.2 Å². The number of aromatic nitrogens is 1. The number of nitrogens with zero attached hydrogens (tertiary/aromatic N) is 1. The van der Waals surface area contributed by atoms with Gasteiger partial charge in [0, 0.05) is 11.6 Å². The number of hydrogen-bond donors (Lipinski definition) is 2. The SMILES string of the molecule is O=C(O)c1ccoc1C(O)c1nccs1. The Morgan fingerprint density at radius 1 is 1.60 bits per heavy atom. The lowest BCUT2D eigenvalue weighted by Crippen LogP contribution is -2.05. The molecule has 0 fully saturated rings. The van der Waals surface area contributed by atoms with E-state index in [-0.39, 0.29) is 11.3 Å². The number of thiazole rings is 1. The molecule has 6 heteroatoms. The van der Waals surface area contributed by atoms with E-state index in [1.165, 1.54) is 29.9 Å². The molecule has 0 radical (unpaired) electrons. The maximum atomic E-state index is 10.8. The Morgan fingerprint density at radius 2 is 2.40 bits per heavy atom. The summed E-state index contributed by atoms with van der Waals surface area (Å²) < 4.78 is 4.95. The van der Waals surface area contributed by atoms with Crippen LogP contribution in [-0.2, 0) is 0 Å². The van der Waals surface area contributed by atoms with Crippen molar-refractivity contribution in [1.29, 1.82) is 0 Å². The summed E-state index contributed by atoms with van der Waals surface area (Å²) in [6.07, 6.45) is 1.65. The lowest BCUT2D eigenvalue weighted by molar-refractivity contribution is 0.0687. The highest BCUT2D eigenvalue weighted by Gasteiger charge is 2.23. The maximum Gasteiger partial charge on any atom is 0.339 e. The molecule has 0 aromatic carbocycles. The minimum absolute atomic E-state index is 0.0115. The Hall–Kier alpha value is -1.66. The van der Waals surface area contributed by atoms with Crippen molar-refractivity contribution in [2.45, 2.75) is 6.10 Å². The Labute approximate surface area is 88.6 Å². The van der Waals surface area contributed by atoms with Crippen molar-refractivity contribution in [1.82, 2.24) is 4.98 Å². The number of aliphatic hydroxyl groups is 1. The van der Waals surface area contributed by atoms with Gasteiger partial charge in [0.1, 0.15) is 10.6 Å². The van der Waals surface area contributed by atoms with Gasteiger partial charge >= 0.3 is 5.97 Å². The molecule has 0 saturated carbocycles. The summed E-state index contributed by atoms with van der Waals surface area (Å²) >= 11 is 1.24. The zero-order valence-electron chi connectivity index (χ0n) is 7.45. The van der Waals surface area contributed by atoms with Crippen LogP contribution in [0.5, 0.6) is 0 Å². The van der Waals surface area contributed by atoms with E-state index in [0.29, 0.717) is 5.01 Å². The quantitative estimate of drug-likeness (QED) is 0.827. The molecule has 0 aliphatic heterocycles. The highest BCUT2D eigenvalue weighted by molar-refractivity contribution is 7.09. The average molecular weight is 225 g/mol. The number of carboxylic acid groups (broad SMARTS) is 1. The summed E-state index contributed by atoms with van der Waals surface area (Å²) in [5.74, 6) is -1.12. The third-order valence-corrected chi connectivity index (χ3v) is 2.69. The third kappa shape index (κ3) is 1.77. The van der Waals surface area contributed by atoms with Crippen LogP contribution < -0.4 is 0 Å². The van der Waals surface area contributed by atoms with Gasteiger partial charge in [-0.25, -0.2) is 9.78 Å². The van der Waals surface area contributed by atoms with Gasteiger partial charge in [-0.2, -0.15) is 0 Å². The second-order valence-electron chi connectivity index (χ2n) is 2.78. The van der Waals surface area contributed by atoms with Crippen molar-refractivity contribution in [3.8, 4) is 0 Å². The zero-order chi connectivity index (χ0) is 10.8. The molecule has 0 aliphatic rings. The van der Waals surface area contributed by atoms with Crippen LogP contribution in [0.3, 0.4) is 0 Å². The highest BCUT2D eigenvalue weighted by Crippen LogP contribution is 2.27. The Balaban J connectivity index is 2.37. The molecule has 2 aromatic rings. The molecule has 0 bridgehead atoms. The molecule has 2 rings (SSSR count). The van der Waals surface area contributed by atoms with Gasteiger partial charge in [-0.1, -0.05) is 0 Å². The fourth-order valence-corrected chi connectivity index (χ4v) is 1.81. The van der Waals surface area contributed by atoms with Gasteiger partial charge in [0.25, 0.3) is 0 Å². The zero-order valence-corrected chi connectivity index (χ0v) is 8.27. The highest BCUT2D eigenvalue weighted by atomic mass is 32.1. The number of hydrogen-bond acceptors (Lipinski definition) is 5. The van der Waals surface area contributed by atoms with Gasteiger partial charge in [-0.05, 0) is 6.07 Å². The number of rotatable bonds is 3. The molecule has 2 aromatic heterocycles. The van der Waals surface area contributed by atoms with Gasteiger partial charge in [0.05, 0.1) is 6.26 Å². The minimum atomic E-state index is -1.13. The topological polar surface area (TPSA) is 83.6 Å². The Morgan fingerprint density at radius 3 is 3.00 bits per heavy atom. The van der Waals surface area contributed by atoms with Crippen molar-refractivity contribution in [3.63, 3.8) is 0 Å². The number of carboxylic acids is 1. The molecule has 1 unspecified atom stereocenters. The second-order valence-corrected chi connectivity index (χ2v) is 3.70. The Bertz CT molecular complexity index is 462. The molecule has 2 N–H and O–H groups in total. The predicted molar refractivity (Wildman–Crippen MR) is 51.8 cm³/mol. The first-order chi connectivity index (χ1) is 7.20. The number of furan rings is 1. The molecular weight excluding hydrogens is 218 g/mol. The molecule has 5 nitrogen and oxygen atoms in total. The molecule has 0 amide bonds. The van der Waals surface area contributed by atoms with Gasteiger partial charge in [0.15, 0.2) is 11.9 Å². The van der Waals surface area contributed by atoms with Gasteiger partial charge < -0.3 is 14.6 Å². The van der Waals surface area contributed by atoms with Crippen molar-refractivity contribution in [2.75, 3.05) is 0 Å². The van der Waals surface area contributed by atoms with Gasteiger partial charge in [-0.15, -0.1) is 11.3 Å². The van der Waals surface area contributed by atoms with E-state index >= 15 is 0 Å². The molecule has 0 spiro atoms. The first-order valence-electron chi connectivity index (χ1n) is 4.08. The van der Waals surface area contributed by atoms with Crippen molar-refractivity contribution < 1.29 is 19.4 Å². The fraction of sp³-hybridized carbons (Fsp3) is 0.111. The molecule has 15 heavy (non-hydrogen) atoms. The van der Waals surface area contributed by atoms with Crippen LogP contribution in [0, 0.1) is 0 Å². The summed E-state index contributed by atoms with van der Waals surface area (Å²) in [6, 6.07) is 1.30. The van der Waals surface area contributed by atoms with Crippen LogP contribution in [0.1, 0.15) is 27.2 Å². The van der Waals surface area contributed by atoms with Crippen LogP contribution in [0.25, 0.3) is 0 Å². The minimum Gasteiger partial charge on any atom is -0.478 e. The van der Waals surface area contributed by atoms with Crippen LogP contribution in [0.15, 0.2) is 28.3 Å².